The van der Waals surface area contributed by atoms with Crippen LogP contribution in [-0.2, 0) is 4.79 Å². The Morgan fingerprint density at radius 1 is 1.15 bits per heavy atom. The smallest absolute Gasteiger partial charge is 0.274 e. The van der Waals surface area contributed by atoms with Gasteiger partial charge in [0.2, 0.25) is 0 Å². The van der Waals surface area contributed by atoms with Gasteiger partial charge < -0.3 is 10.2 Å². The Balaban J connectivity index is 1.82. The average Bonchev–Trinajstić information content (AvgIpc) is 3.34. The third-order valence-electron chi connectivity index (χ3n) is 5.61. The largest absolute Gasteiger partial charge is 0.372 e. The Labute approximate surface area is 193 Å². The van der Waals surface area contributed by atoms with E-state index in [0.717, 1.165) is 35.7 Å². The third-order valence-corrected chi connectivity index (χ3v) is 5.61. The van der Waals surface area contributed by atoms with Gasteiger partial charge in [0.15, 0.2) is 11.5 Å². The van der Waals surface area contributed by atoms with Crippen LogP contribution in [-0.4, -0.2) is 56.6 Å². The first kappa shape index (κ1) is 22.3. The summed E-state index contributed by atoms with van der Waals surface area (Å²) in [6, 6.07) is 6.15. The van der Waals surface area contributed by atoms with Crippen molar-refractivity contribution in [2.75, 3.05) is 24.5 Å². The zero-order valence-corrected chi connectivity index (χ0v) is 19.6. The number of rotatable bonds is 7. The van der Waals surface area contributed by atoms with Gasteiger partial charge in [0.05, 0.1) is 17.6 Å². The number of carbonyl (C=O) groups excluding carboxylic acids is 1. The van der Waals surface area contributed by atoms with Crippen molar-refractivity contribution >= 4 is 28.7 Å². The second-order valence-corrected chi connectivity index (χ2v) is 7.68. The lowest BCUT2D eigenvalue weighted by molar-refractivity contribution is -0.114. The lowest BCUT2D eigenvalue weighted by atomic mass is 10.1. The highest BCUT2D eigenvalue weighted by Crippen LogP contribution is 2.29. The van der Waals surface area contributed by atoms with Crippen molar-refractivity contribution in [3.63, 3.8) is 0 Å². The molecule has 1 amide bonds. The van der Waals surface area contributed by atoms with Crippen molar-refractivity contribution in [2.45, 2.75) is 34.6 Å². The van der Waals surface area contributed by atoms with Crippen molar-refractivity contribution in [2.24, 2.45) is 10.1 Å². The summed E-state index contributed by atoms with van der Waals surface area (Å²) >= 11 is 0. The van der Waals surface area contributed by atoms with E-state index >= 15 is 0 Å². The number of hydrogen-bond acceptors (Lipinski definition) is 7. The molecule has 1 aliphatic rings. The van der Waals surface area contributed by atoms with E-state index < -0.39 is 0 Å². The van der Waals surface area contributed by atoms with Crippen LogP contribution in [0, 0.1) is 13.8 Å². The summed E-state index contributed by atoms with van der Waals surface area (Å²) in [5, 5.41) is 7.39. The second kappa shape index (κ2) is 9.32. The Hall–Kier alpha value is -3.88. The molecule has 3 aromatic rings. The number of carbonyl (C=O) groups is 1. The molecular formula is C24H28N8O. The Kier molecular flexibility index (Phi) is 6.30. The number of amides is 1. The van der Waals surface area contributed by atoms with Crippen LogP contribution in [0.5, 0.6) is 0 Å². The van der Waals surface area contributed by atoms with Crippen LogP contribution in [0.4, 0.5) is 11.4 Å². The molecule has 0 unspecified atom stereocenters. The molecule has 170 valence electrons. The van der Waals surface area contributed by atoms with E-state index in [9.17, 15) is 4.79 Å². The van der Waals surface area contributed by atoms with Crippen molar-refractivity contribution < 1.29 is 4.79 Å². The standard InChI is InChI=1S/C24H28N8O/c1-6-26-24(33)22-21(28-18-10-9-17(13-15(18)4)31(7-2)8-3)23-29-20(16(5)32(23)30-22)19-14-25-11-12-27-19/h9-14H,6-8H2,1-5H3,(H,26,33)/b28-21-. The first-order valence-electron chi connectivity index (χ1n) is 11.2. The zero-order chi connectivity index (χ0) is 23.5. The number of anilines is 1. The number of hydrogen-bond donors (Lipinski definition) is 1. The molecule has 0 saturated heterocycles. The number of fused-ring (bicyclic) bond motifs is 1. The van der Waals surface area contributed by atoms with Crippen LogP contribution >= 0.6 is 0 Å². The van der Waals surface area contributed by atoms with E-state index in [1.54, 1.807) is 23.3 Å². The molecule has 0 bridgehead atoms. The lowest BCUT2D eigenvalue weighted by Crippen LogP contribution is -2.34. The normalized spacial score (nSPS) is 13.7. The molecule has 0 aliphatic carbocycles. The fraction of sp³-hybridized carbons (Fsp3) is 0.333. The Morgan fingerprint density at radius 2 is 1.94 bits per heavy atom. The Bertz CT molecular complexity index is 1240. The molecule has 0 saturated carbocycles. The lowest BCUT2D eigenvalue weighted by Gasteiger charge is -2.21. The van der Waals surface area contributed by atoms with E-state index in [2.05, 4.69) is 51.3 Å². The maximum atomic E-state index is 12.8. The molecule has 4 rings (SSSR count). The average molecular weight is 445 g/mol. The minimum atomic E-state index is -0.278. The number of nitrogens with zero attached hydrogens (tertiary/aromatic N) is 7. The number of benzene rings is 1. The van der Waals surface area contributed by atoms with Gasteiger partial charge in [-0.3, -0.25) is 14.8 Å². The molecule has 0 radical (unpaired) electrons. The summed E-state index contributed by atoms with van der Waals surface area (Å²) in [5.74, 6) is 0.237. The van der Waals surface area contributed by atoms with Crippen LogP contribution in [0.25, 0.3) is 11.4 Å². The van der Waals surface area contributed by atoms with Crippen molar-refractivity contribution in [1.29, 1.82) is 0 Å². The number of imidazole rings is 1. The van der Waals surface area contributed by atoms with E-state index in [1.165, 1.54) is 0 Å². The highest BCUT2D eigenvalue weighted by molar-refractivity contribution is 6.70. The van der Waals surface area contributed by atoms with Gasteiger partial charge in [0, 0.05) is 37.7 Å². The topological polar surface area (TPSA) is 101 Å². The fourth-order valence-corrected chi connectivity index (χ4v) is 3.86. The first-order valence-corrected chi connectivity index (χ1v) is 11.2. The van der Waals surface area contributed by atoms with Crippen molar-refractivity contribution in [3.8, 4) is 11.4 Å². The second-order valence-electron chi connectivity index (χ2n) is 7.68. The monoisotopic (exact) mass is 444 g/mol. The van der Waals surface area contributed by atoms with E-state index in [4.69, 9.17) is 9.98 Å². The van der Waals surface area contributed by atoms with E-state index in [0.29, 0.717) is 29.5 Å². The summed E-state index contributed by atoms with van der Waals surface area (Å²) in [5.41, 5.74) is 5.70. The third kappa shape index (κ3) is 4.13. The molecule has 0 spiro atoms. The number of aromatic nitrogens is 4. The van der Waals surface area contributed by atoms with Crippen molar-refractivity contribution in [3.05, 3.63) is 53.9 Å². The van der Waals surface area contributed by atoms with Crippen LogP contribution in [0.2, 0.25) is 0 Å². The summed E-state index contributed by atoms with van der Waals surface area (Å²) < 4.78 is 1.66. The van der Waals surface area contributed by atoms with Gasteiger partial charge >= 0.3 is 0 Å². The summed E-state index contributed by atoms with van der Waals surface area (Å²) in [7, 11) is 0. The molecule has 1 aliphatic heterocycles. The van der Waals surface area contributed by atoms with Crippen LogP contribution in [0.1, 0.15) is 37.9 Å². The summed E-state index contributed by atoms with van der Waals surface area (Å²) in [6.07, 6.45) is 4.90. The predicted octanol–water partition coefficient (Wildman–Crippen LogP) is 3.28. The summed E-state index contributed by atoms with van der Waals surface area (Å²) in [4.78, 5) is 33.2. The minimum Gasteiger partial charge on any atom is -0.372 e. The van der Waals surface area contributed by atoms with E-state index in [-0.39, 0.29) is 11.6 Å². The highest BCUT2D eigenvalue weighted by Gasteiger charge is 2.33. The molecule has 1 aromatic carbocycles. The van der Waals surface area contributed by atoms with Gasteiger partial charge in [-0.15, -0.1) is 0 Å². The maximum Gasteiger partial charge on any atom is 0.274 e. The molecule has 9 nitrogen and oxygen atoms in total. The minimum absolute atomic E-state index is 0.250. The zero-order valence-electron chi connectivity index (χ0n) is 19.6. The quantitative estimate of drug-likeness (QED) is 0.603. The number of nitrogens with one attached hydrogen (secondary N) is 1. The number of aryl methyl sites for hydroxylation is 1. The molecular weight excluding hydrogens is 416 g/mol. The maximum absolute atomic E-state index is 12.8. The SMILES string of the molecule is CCNC(=O)C1=Nn2c(nc(-c3cnccn3)c2C)/C1=N\c1ccc(N(CC)CC)cc1C. The summed E-state index contributed by atoms with van der Waals surface area (Å²) in [6.45, 7) is 12.4. The molecule has 2 aromatic heterocycles. The van der Waals surface area contributed by atoms with Gasteiger partial charge in [-0.1, -0.05) is 0 Å². The van der Waals surface area contributed by atoms with Crippen molar-refractivity contribution in [1.82, 2.24) is 24.9 Å². The molecule has 0 atom stereocenters. The van der Waals surface area contributed by atoms with Gasteiger partial charge in [-0.05, 0) is 58.4 Å². The highest BCUT2D eigenvalue weighted by atomic mass is 16.2. The van der Waals surface area contributed by atoms with Crippen LogP contribution in [0.3, 0.4) is 0 Å². The predicted molar refractivity (Wildman–Crippen MR) is 130 cm³/mol. The first-order chi connectivity index (χ1) is 16.0. The van der Waals surface area contributed by atoms with Gasteiger partial charge in [0.25, 0.3) is 5.91 Å². The van der Waals surface area contributed by atoms with Crippen LogP contribution in [0.15, 0.2) is 46.9 Å². The van der Waals surface area contributed by atoms with Gasteiger partial charge in [-0.25, -0.2) is 14.7 Å². The molecule has 33 heavy (non-hydrogen) atoms. The molecule has 1 N–H and O–H groups in total. The molecule has 0 fully saturated rings. The van der Waals surface area contributed by atoms with Gasteiger partial charge in [0.1, 0.15) is 17.1 Å². The van der Waals surface area contributed by atoms with Crippen LogP contribution < -0.4 is 10.2 Å². The molecule has 9 heteroatoms. The molecule has 3 heterocycles. The van der Waals surface area contributed by atoms with Gasteiger partial charge in [-0.2, -0.15) is 5.10 Å². The fourth-order valence-electron chi connectivity index (χ4n) is 3.86. The Morgan fingerprint density at radius 3 is 2.58 bits per heavy atom. The number of aliphatic imine (C=N–C) groups is 1. The van der Waals surface area contributed by atoms with E-state index in [1.807, 2.05) is 26.8 Å².